The normalized spacial score (nSPS) is 11.1. The molecule has 0 aromatic carbocycles. The van der Waals surface area contributed by atoms with E-state index in [1.165, 1.54) is 18.3 Å². The van der Waals surface area contributed by atoms with Gasteiger partial charge in [-0.25, -0.2) is 8.42 Å². The summed E-state index contributed by atoms with van der Waals surface area (Å²) in [7, 11) is -3.73. The number of thiophene rings is 1. The molecule has 0 spiro atoms. The zero-order valence-corrected chi connectivity index (χ0v) is 10.5. The molecular weight excluding hydrogens is 284 g/mol. The fourth-order valence-electron chi connectivity index (χ4n) is 1.08. The molecule has 2 N–H and O–H groups in total. The van der Waals surface area contributed by atoms with Crippen LogP contribution in [0.15, 0.2) is 22.5 Å². The monoisotopic (exact) mass is 288 g/mol. The van der Waals surface area contributed by atoms with Crippen molar-refractivity contribution in [2.45, 2.75) is 4.21 Å². The van der Waals surface area contributed by atoms with E-state index in [0.29, 0.717) is 4.34 Å². The van der Waals surface area contributed by atoms with Crippen LogP contribution in [0.25, 0.3) is 0 Å². The summed E-state index contributed by atoms with van der Waals surface area (Å²) < 4.78 is 26.4. The zero-order chi connectivity index (χ0) is 12.5. The predicted octanol–water partition coefficient (Wildman–Crippen LogP) is 1.80. The van der Waals surface area contributed by atoms with Crippen LogP contribution in [0.4, 0.5) is 5.82 Å². The van der Waals surface area contributed by atoms with Crippen molar-refractivity contribution in [2.75, 3.05) is 4.72 Å². The lowest BCUT2D eigenvalue weighted by Gasteiger charge is -2.03. The van der Waals surface area contributed by atoms with Gasteiger partial charge in [-0.05, 0) is 12.1 Å². The average Bonchev–Trinajstić information content (AvgIpc) is 2.86. The Bertz CT molecular complexity index is 682. The average molecular weight is 289 g/mol. The zero-order valence-electron chi connectivity index (χ0n) is 8.14. The van der Waals surface area contributed by atoms with Gasteiger partial charge in [0.1, 0.15) is 15.8 Å². The fraction of sp³-hybridized carbons (Fsp3) is 0. The van der Waals surface area contributed by atoms with Crippen molar-refractivity contribution in [1.29, 1.82) is 5.26 Å². The van der Waals surface area contributed by atoms with Gasteiger partial charge in [-0.2, -0.15) is 10.4 Å². The Morgan fingerprint density at radius 3 is 2.88 bits per heavy atom. The Morgan fingerprint density at radius 2 is 2.29 bits per heavy atom. The van der Waals surface area contributed by atoms with E-state index in [9.17, 15) is 8.42 Å². The summed E-state index contributed by atoms with van der Waals surface area (Å²) in [5, 5.41) is 14.7. The predicted molar refractivity (Wildman–Crippen MR) is 63.4 cm³/mol. The summed E-state index contributed by atoms with van der Waals surface area (Å²) in [5.41, 5.74) is 0.122. The van der Waals surface area contributed by atoms with Crippen LogP contribution in [0.2, 0.25) is 4.34 Å². The number of hydrogen-bond donors (Lipinski definition) is 2. The van der Waals surface area contributed by atoms with E-state index < -0.39 is 10.0 Å². The Balaban J connectivity index is 2.34. The number of rotatable bonds is 3. The van der Waals surface area contributed by atoms with Gasteiger partial charge in [0, 0.05) is 0 Å². The summed E-state index contributed by atoms with van der Waals surface area (Å²) in [6.45, 7) is 0. The minimum absolute atomic E-state index is 0.0389. The van der Waals surface area contributed by atoms with Crippen LogP contribution in [0.5, 0.6) is 0 Å². The van der Waals surface area contributed by atoms with E-state index in [0.717, 1.165) is 11.3 Å². The number of hydrogen-bond acceptors (Lipinski definition) is 5. The van der Waals surface area contributed by atoms with E-state index in [1.807, 2.05) is 6.07 Å². The number of aromatic nitrogens is 2. The summed E-state index contributed by atoms with van der Waals surface area (Å²) >= 11 is 6.59. The molecule has 17 heavy (non-hydrogen) atoms. The summed E-state index contributed by atoms with van der Waals surface area (Å²) in [6, 6.07) is 4.68. The number of aromatic amines is 1. The Hall–Kier alpha value is -1.56. The molecule has 0 saturated heterocycles. The highest BCUT2D eigenvalue weighted by Crippen LogP contribution is 2.27. The van der Waals surface area contributed by atoms with Crippen molar-refractivity contribution in [3.05, 3.63) is 28.2 Å². The third-order valence-electron chi connectivity index (χ3n) is 1.81. The van der Waals surface area contributed by atoms with Gasteiger partial charge < -0.3 is 0 Å². The van der Waals surface area contributed by atoms with E-state index >= 15 is 0 Å². The molecule has 0 bridgehead atoms. The van der Waals surface area contributed by atoms with Gasteiger partial charge >= 0.3 is 0 Å². The molecule has 0 amide bonds. The second-order valence-electron chi connectivity index (χ2n) is 2.93. The Kier molecular flexibility index (Phi) is 3.06. The number of nitrogens with one attached hydrogen (secondary N) is 2. The standard InChI is InChI=1S/C8H5ClN4O2S2/c9-6-1-2-7(16-6)17(14,15)13-8-5(3-10)4-11-12-8/h1-2,4H,(H2,11,12,13). The molecule has 6 nitrogen and oxygen atoms in total. The van der Waals surface area contributed by atoms with Crippen LogP contribution in [0.1, 0.15) is 5.56 Å². The molecule has 2 aromatic heterocycles. The van der Waals surface area contributed by atoms with E-state index in [1.54, 1.807) is 0 Å². The number of H-pyrrole nitrogens is 1. The number of nitrogens with zero attached hydrogens (tertiary/aromatic N) is 2. The lowest BCUT2D eigenvalue weighted by molar-refractivity contribution is 0.603. The fourth-order valence-corrected chi connectivity index (χ4v) is 3.59. The molecule has 0 fully saturated rings. The summed E-state index contributed by atoms with van der Waals surface area (Å²) in [5.74, 6) is 0.0389. The van der Waals surface area contributed by atoms with Gasteiger partial charge in [-0.3, -0.25) is 9.82 Å². The molecule has 0 atom stereocenters. The first kappa shape index (κ1) is 11.9. The highest BCUT2D eigenvalue weighted by molar-refractivity contribution is 7.94. The number of halogens is 1. The lowest BCUT2D eigenvalue weighted by atomic mass is 10.4. The Labute approximate surface area is 106 Å². The first-order chi connectivity index (χ1) is 8.03. The molecule has 0 aliphatic rings. The molecule has 2 heterocycles. The Morgan fingerprint density at radius 1 is 1.53 bits per heavy atom. The second-order valence-corrected chi connectivity index (χ2v) is 6.56. The molecule has 2 aromatic rings. The van der Waals surface area contributed by atoms with E-state index in [2.05, 4.69) is 14.9 Å². The molecule has 0 radical (unpaired) electrons. The van der Waals surface area contributed by atoms with Crippen molar-refractivity contribution in [2.24, 2.45) is 0 Å². The molecule has 0 aliphatic carbocycles. The van der Waals surface area contributed by atoms with Gasteiger partial charge in [0.2, 0.25) is 0 Å². The maximum atomic E-state index is 11.9. The van der Waals surface area contributed by atoms with Crippen molar-refractivity contribution in [1.82, 2.24) is 10.2 Å². The number of anilines is 1. The highest BCUT2D eigenvalue weighted by atomic mass is 35.5. The van der Waals surface area contributed by atoms with E-state index in [-0.39, 0.29) is 15.6 Å². The molecule has 88 valence electrons. The van der Waals surface area contributed by atoms with Crippen LogP contribution in [-0.2, 0) is 10.0 Å². The molecule has 2 rings (SSSR count). The van der Waals surface area contributed by atoms with E-state index in [4.69, 9.17) is 16.9 Å². The SMILES string of the molecule is N#Cc1cn[nH]c1NS(=O)(=O)c1ccc(Cl)s1. The molecule has 9 heteroatoms. The highest BCUT2D eigenvalue weighted by Gasteiger charge is 2.19. The maximum Gasteiger partial charge on any atom is 0.272 e. The van der Waals surface area contributed by atoms with Crippen LogP contribution >= 0.6 is 22.9 Å². The molecule has 0 unspecified atom stereocenters. The molecule has 0 aliphatic heterocycles. The van der Waals surface area contributed by atoms with Crippen molar-refractivity contribution < 1.29 is 8.42 Å². The van der Waals surface area contributed by atoms with Gasteiger partial charge in [0.05, 0.1) is 10.5 Å². The minimum atomic E-state index is -3.73. The third-order valence-corrected chi connectivity index (χ3v) is 4.88. The quantitative estimate of drug-likeness (QED) is 0.899. The number of nitriles is 1. The van der Waals surface area contributed by atoms with Gasteiger partial charge in [0.25, 0.3) is 10.0 Å². The van der Waals surface area contributed by atoms with Crippen molar-refractivity contribution in [3.8, 4) is 6.07 Å². The lowest BCUT2D eigenvalue weighted by Crippen LogP contribution is -2.12. The third kappa shape index (κ3) is 2.41. The molecule has 0 saturated carbocycles. The van der Waals surface area contributed by atoms with Crippen molar-refractivity contribution in [3.63, 3.8) is 0 Å². The largest absolute Gasteiger partial charge is 0.272 e. The first-order valence-electron chi connectivity index (χ1n) is 4.24. The molecular formula is C8H5ClN4O2S2. The summed E-state index contributed by atoms with van der Waals surface area (Å²) in [4.78, 5) is 0. The number of sulfonamides is 1. The topological polar surface area (TPSA) is 98.6 Å². The maximum absolute atomic E-state index is 11.9. The van der Waals surface area contributed by atoms with Crippen LogP contribution in [-0.4, -0.2) is 18.6 Å². The van der Waals surface area contributed by atoms with Crippen LogP contribution in [0.3, 0.4) is 0 Å². The smallest absolute Gasteiger partial charge is 0.262 e. The van der Waals surface area contributed by atoms with Gasteiger partial charge in [-0.15, -0.1) is 11.3 Å². The van der Waals surface area contributed by atoms with Gasteiger partial charge in [0.15, 0.2) is 5.82 Å². The van der Waals surface area contributed by atoms with Gasteiger partial charge in [-0.1, -0.05) is 11.6 Å². The van der Waals surface area contributed by atoms with Crippen molar-refractivity contribution >= 4 is 38.8 Å². The van der Waals surface area contributed by atoms with Crippen LogP contribution < -0.4 is 4.72 Å². The minimum Gasteiger partial charge on any atom is -0.262 e. The van der Waals surface area contributed by atoms with Crippen LogP contribution in [0, 0.1) is 11.3 Å². The first-order valence-corrected chi connectivity index (χ1v) is 6.92. The summed E-state index contributed by atoms with van der Waals surface area (Å²) in [6.07, 6.45) is 1.24. The second kappa shape index (κ2) is 4.37.